The molecule has 0 fully saturated rings. The molecule has 7 heteroatoms. The smallest absolute Gasteiger partial charge is 0.343 e. The summed E-state index contributed by atoms with van der Waals surface area (Å²) in [6, 6.07) is 5.04. The van der Waals surface area contributed by atoms with Crippen LogP contribution in [0, 0.1) is 0 Å². The molecule has 1 unspecified atom stereocenters. The molecule has 0 aliphatic rings. The van der Waals surface area contributed by atoms with Gasteiger partial charge in [0.1, 0.15) is 5.75 Å². The number of ether oxygens (including phenoxy) is 2. The third-order valence-electron chi connectivity index (χ3n) is 2.86. The Labute approximate surface area is 131 Å². The lowest BCUT2D eigenvalue weighted by Gasteiger charge is -2.18. The fourth-order valence-corrected chi connectivity index (χ4v) is 1.93. The standard InChI is InChI=1S/C14H17BrN2O4/c1-5-21-13(19)14(3,9(2)18)17-16-10-6-7-12(20-4)11(15)8-10/h6-8H,5H2,1-4H3. The van der Waals surface area contributed by atoms with E-state index in [0.717, 1.165) is 0 Å². The van der Waals surface area contributed by atoms with Gasteiger partial charge in [0.05, 0.1) is 23.9 Å². The van der Waals surface area contributed by atoms with Crippen molar-refractivity contribution in [1.82, 2.24) is 0 Å². The van der Waals surface area contributed by atoms with Crippen molar-refractivity contribution < 1.29 is 19.1 Å². The Morgan fingerprint density at radius 1 is 1.38 bits per heavy atom. The molecular formula is C14H17BrN2O4. The topological polar surface area (TPSA) is 77.3 Å². The van der Waals surface area contributed by atoms with Crippen LogP contribution in [-0.2, 0) is 14.3 Å². The Morgan fingerprint density at radius 3 is 2.52 bits per heavy atom. The summed E-state index contributed by atoms with van der Waals surface area (Å²) < 4.78 is 10.7. The largest absolute Gasteiger partial charge is 0.496 e. The van der Waals surface area contributed by atoms with Gasteiger partial charge in [-0.25, -0.2) is 4.79 Å². The number of nitrogens with zero attached hydrogens (tertiary/aromatic N) is 2. The third kappa shape index (κ3) is 4.10. The lowest BCUT2D eigenvalue weighted by Crippen LogP contribution is -2.41. The van der Waals surface area contributed by atoms with Crippen LogP contribution in [0.4, 0.5) is 5.69 Å². The molecule has 0 heterocycles. The van der Waals surface area contributed by atoms with Crippen LogP contribution in [0.15, 0.2) is 32.9 Å². The summed E-state index contributed by atoms with van der Waals surface area (Å²) in [5, 5.41) is 7.84. The molecule has 0 saturated carbocycles. The van der Waals surface area contributed by atoms with Crippen LogP contribution < -0.4 is 4.74 Å². The predicted octanol–water partition coefficient (Wildman–Crippen LogP) is 3.45. The number of carbonyl (C=O) groups excluding carboxylic acids is 2. The lowest BCUT2D eigenvalue weighted by atomic mass is 9.99. The molecule has 0 spiro atoms. The molecule has 0 aliphatic carbocycles. The van der Waals surface area contributed by atoms with Crippen molar-refractivity contribution in [3.05, 3.63) is 22.7 Å². The molecule has 0 amide bonds. The first-order chi connectivity index (χ1) is 9.85. The van der Waals surface area contributed by atoms with E-state index in [2.05, 4.69) is 26.2 Å². The van der Waals surface area contributed by atoms with Crippen LogP contribution in [0.1, 0.15) is 20.8 Å². The van der Waals surface area contributed by atoms with Crippen LogP contribution >= 0.6 is 15.9 Å². The van der Waals surface area contributed by atoms with E-state index in [-0.39, 0.29) is 6.61 Å². The molecule has 1 aromatic carbocycles. The van der Waals surface area contributed by atoms with Gasteiger partial charge in [-0.1, -0.05) is 0 Å². The molecule has 0 saturated heterocycles. The maximum Gasteiger partial charge on any atom is 0.343 e. The van der Waals surface area contributed by atoms with Crippen molar-refractivity contribution in [2.75, 3.05) is 13.7 Å². The number of benzene rings is 1. The maximum atomic E-state index is 11.9. The molecule has 6 nitrogen and oxygen atoms in total. The van der Waals surface area contributed by atoms with Gasteiger partial charge in [0.25, 0.3) is 0 Å². The van der Waals surface area contributed by atoms with Gasteiger partial charge >= 0.3 is 5.97 Å². The zero-order chi connectivity index (χ0) is 16.0. The molecule has 0 aliphatic heterocycles. The molecule has 1 atom stereocenters. The van der Waals surface area contributed by atoms with E-state index in [9.17, 15) is 9.59 Å². The molecule has 0 aromatic heterocycles. The summed E-state index contributed by atoms with van der Waals surface area (Å²) in [5.74, 6) is -0.500. The van der Waals surface area contributed by atoms with Gasteiger partial charge in [0.2, 0.25) is 5.54 Å². The van der Waals surface area contributed by atoms with E-state index in [0.29, 0.717) is 15.9 Å². The predicted molar refractivity (Wildman–Crippen MR) is 80.9 cm³/mol. The highest BCUT2D eigenvalue weighted by Gasteiger charge is 2.40. The fourth-order valence-electron chi connectivity index (χ4n) is 1.40. The minimum absolute atomic E-state index is 0.172. The minimum atomic E-state index is -1.64. The van der Waals surface area contributed by atoms with Crippen molar-refractivity contribution in [2.24, 2.45) is 10.2 Å². The SMILES string of the molecule is CCOC(=O)C(C)(N=Nc1ccc(OC)c(Br)c1)C(C)=O. The quantitative estimate of drug-likeness (QED) is 0.444. The van der Waals surface area contributed by atoms with Gasteiger partial charge in [0, 0.05) is 0 Å². The molecule has 1 aromatic rings. The van der Waals surface area contributed by atoms with Crippen molar-refractivity contribution in [1.29, 1.82) is 0 Å². The number of esters is 1. The summed E-state index contributed by atoms with van der Waals surface area (Å²) in [6.07, 6.45) is 0. The fraction of sp³-hybridized carbons (Fsp3) is 0.429. The number of Topliss-reactive ketones (excluding diaryl/α,β-unsaturated/α-hetero) is 1. The highest BCUT2D eigenvalue weighted by atomic mass is 79.9. The van der Waals surface area contributed by atoms with E-state index in [1.54, 1.807) is 32.2 Å². The van der Waals surface area contributed by atoms with E-state index in [1.165, 1.54) is 13.8 Å². The lowest BCUT2D eigenvalue weighted by molar-refractivity contribution is -0.152. The van der Waals surface area contributed by atoms with Gasteiger partial charge < -0.3 is 9.47 Å². The Kier molecular flexibility index (Phi) is 6.02. The molecule has 21 heavy (non-hydrogen) atoms. The van der Waals surface area contributed by atoms with Crippen LogP contribution in [0.2, 0.25) is 0 Å². The second kappa shape index (κ2) is 7.31. The maximum absolute atomic E-state index is 11.9. The Hall–Kier alpha value is -1.76. The van der Waals surface area contributed by atoms with Crippen molar-refractivity contribution in [2.45, 2.75) is 26.3 Å². The number of halogens is 1. The zero-order valence-corrected chi connectivity index (χ0v) is 13.9. The van der Waals surface area contributed by atoms with Crippen molar-refractivity contribution in [3.8, 4) is 5.75 Å². The van der Waals surface area contributed by atoms with Crippen LogP contribution in [0.25, 0.3) is 0 Å². The zero-order valence-electron chi connectivity index (χ0n) is 12.3. The second-order valence-corrected chi connectivity index (χ2v) is 5.22. The highest BCUT2D eigenvalue weighted by Crippen LogP contribution is 2.30. The number of methoxy groups -OCH3 is 1. The number of carbonyl (C=O) groups is 2. The molecular weight excluding hydrogens is 340 g/mol. The Balaban J connectivity index is 3.06. The number of ketones is 1. The molecule has 0 bridgehead atoms. The van der Waals surface area contributed by atoms with E-state index in [4.69, 9.17) is 9.47 Å². The van der Waals surface area contributed by atoms with Crippen LogP contribution in [-0.4, -0.2) is 31.0 Å². The summed E-state index contributed by atoms with van der Waals surface area (Å²) in [4.78, 5) is 23.6. The first-order valence-electron chi connectivity index (χ1n) is 6.29. The van der Waals surface area contributed by atoms with Gasteiger partial charge in [-0.3, -0.25) is 4.79 Å². The van der Waals surface area contributed by atoms with Crippen molar-refractivity contribution in [3.63, 3.8) is 0 Å². The number of azo groups is 1. The second-order valence-electron chi connectivity index (χ2n) is 4.37. The van der Waals surface area contributed by atoms with Gasteiger partial charge in [-0.15, -0.1) is 0 Å². The molecule has 114 valence electrons. The molecule has 1 rings (SSSR count). The average Bonchev–Trinajstić information content (AvgIpc) is 2.44. The summed E-state index contributed by atoms with van der Waals surface area (Å²) >= 11 is 3.33. The van der Waals surface area contributed by atoms with Crippen molar-refractivity contribution >= 4 is 33.4 Å². The average molecular weight is 357 g/mol. The third-order valence-corrected chi connectivity index (χ3v) is 3.48. The van der Waals surface area contributed by atoms with E-state index in [1.807, 2.05) is 0 Å². The molecule has 0 N–H and O–H groups in total. The van der Waals surface area contributed by atoms with E-state index < -0.39 is 17.3 Å². The minimum Gasteiger partial charge on any atom is -0.496 e. The monoisotopic (exact) mass is 356 g/mol. The Morgan fingerprint density at radius 2 is 2.05 bits per heavy atom. The van der Waals surface area contributed by atoms with Gasteiger partial charge in [-0.2, -0.15) is 10.2 Å². The van der Waals surface area contributed by atoms with Gasteiger partial charge in [0.15, 0.2) is 5.78 Å². The molecule has 0 radical (unpaired) electrons. The number of rotatable bonds is 6. The first-order valence-corrected chi connectivity index (χ1v) is 7.09. The van der Waals surface area contributed by atoms with Gasteiger partial charge in [-0.05, 0) is 54.9 Å². The normalized spacial score (nSPS) is 13.8. The van der Waals surface area contributed by atoms with Crippen LogP contribution in [0.5, 0.6) is 5.75 Å². The van der Waals surface area contributed by atoms with E-state index >= 15 is 0 Å². The summed E-state index contributed by atoms with van der Waals surface area (Å²) in [7, 11) is 1.55. The highest BCUT2D eigenvalue weighted by molar-refractivity contribution is 9.10. The number of hydrogen-bond donors (Lipinski definition) is 0. The summed E-state index contributed by atoms with van der Waals surface area (Å²) in [5.41, 5.74) is -1.15. The Bertz CT molecular complexity index is 574. The number of hydrogen-bond acceptors (Lipinski definition) is 6. The van der Waals surface area contributed by atoms with Crippen LogP contribution in [0.3, 0.4) is 0 Å². The summed E-state index contributed by atoms with van der Waals surface area (Å²) in [6.45, 7) is 4.50. The first kappa shape index (κ1) is 17.3.